The second-order valence-corrected chi connectivity index (χ2v) is 11.4. The van der Waals surface area contributed by atoms with Gasteiger partial charge >= 0.3 is 21.6 Å². The summed E-state index contributed by atoms with van der Waals surface area (Å²) >= 11 is 0. The number of carbonyl (C=O) groups is 1. The maximum atomic E-state index is 13.2. The van der Waals surface area contributed by atoms with Crippen LogP contribution in [0.3, 0.4) is 0 Å². The van der Waals surface area contributed by atoms with Gasteiger partial charge in [-0.1, -0.05) is 30.3 Å². The number of methoxy groups -OCH3 is 1. The zero-order valence-corrected chi connectivity index (χ0v) is 22.9. The summed E-state index contributed by atoms with van der Waals surface area (Å²) in [6.45, 7) is 0.0537. The van der Waals surface area contributed by atoms with Crippen molar-refractivity contribution in [1.82, 2.24) is 0 Å². The minimum atomic E-state index is -5.88. The number of hydrogen-bond donors (Lipinski definition) is 0. The van der Waals surface area contributed by atoms with Crippen molar-refractivity contribution in [2.75, 3.05) is 13.9 Å². The van der Waals surface area contributed by atoms with Gasteiger partial charge in [-0.25, -0.2) is 4.79 Å². The lowest BCUT2D eigenvalue weighted by atomic mass is 9.76. The molecule has 8 nitrogen and oxygen atoms in total. The van der Waals surface area contributed by atoms with Crippen LogP contribution in [0.1, 0.15) is 27.0 Å². The fourth-order valence-electron chi connectivity index (χ4n) is 5.64. The van der Waals surface area contributed by atoms with Gasteiger partial charge in [-0.2, -0.15) is 21.6 Å². The van der Waals surface area contributed by atoms with Gasteiger partial charge in [0.2, 0.25) is 0 Å². The highest BCUT2D eigenvalue weighted by molar-refractivity contribution is 7.88. The molecule has 218 valence electrons. The van der Waals surface area contributed by atoms with Crippen LogP contribution in [-0.4, -0.2) is 33.8 Å². The van der Waals surface area contributed by atoms with E-state index in [0.29, 0.717) is 49.9 Å². The van der Waals surface area contributed by atoms with Crippen molar-refractivity contribution in [2.24, 2.45) is 0 Å². The Kier molecular flexibility index (Phi) is 5.88. The van der Waals surface area contributed by atoms with E-state index in [2.05, 4.69) is 4.18 Å². The van der Waals surface area contributed by atoms with Gasteiger partial charge < -0.3 is 23.1 Å². The molecule has 2 aliphatic rings. The van der Waals surface area contributed by atoms with Crippen molar-refractivity contribution in [3.8, 4) is 23.0 Å². The van der Waals surface area contributed by atoms with Crippen LogP contribution in [0, 0.1) is 0 Å². The van der Waals surface area contributed by atoms with Gasteiger partial charge in [0, 0.05) is 34.6 Å². The Labute approximate surface area is 242 Å². The predicted molar refractivity (Wildman–Crippen MR) is 148 cm³/mol. The van der Waals surface area contributed by atoms with E-state index < -0.39 is 32.9 Å². The van der Waals surface area contributed by atoms with Crippen LogP contribution in [0.4, 0.5) is 13.2 Å². The summed E-state index contributed by atoms with van der Waals surface area (Å²) < 4.78 is 89.8. The third-order valence-electron chi connectivity index (χ3n) is 7.45. The lowest BCUT2D eigenvalue weighted by Gasteiger charge is -2.37. The summed E-state index contributed by atoms with van der Waals surface area (Å²) in [6.07, 6.45) is 0. The summed E-state index contributed by atoms with van der Waals surface area (Å²) in [5.41, 5.74) is -4.95. The van der Waals surface area contributed by atoms with Crippen molar-refractivity contribution in [1.29, 1.82) is 0 Å². The maximum absolute atomic E-state index is 13.2. The van der Waals surface area contributed by atoms with Crippen LogP contribution in [0.15, 0.2) is 84.9 Å². The summed E-state index contributed by atoms with van der Waals surface area (Å²) in [4.78, 5) is 13.2. The first-order valence-electron chi connectivity index (χ1n) is 12.8. The third kappa shape index (κ3) is 4.01. The number of fused-ring (bicyclic) bond motifs is 10. The molecule has 12 heteroatoms. The Morgan fingerprint density at radius 1 is 0.791 bits per heavy atom. The molecule has 0 fully saturated rings. The minimum absolute atomic E-state index is 0.0537. The van der Waals surface area contributed by atoms with Crippen molar-refractivity contribution in [3.63, 3.8) is 0 Å². The summed E-state index contributed by atoms with van der Waals surface area (Å²) in [7, 11) is -4.36. The van der Waals surface area contributed by atoms with E-state index in [1.54, 1.807) is 48.5 Å². The van der Waals surface area contributed by atoms with E-state index in [4.69, 9.17) is 18.9 Å². The molecule has 0 bridgehead atoms. The third-order valence-corrected chi connectivity index (χ3v) is 8.43. The van der Waals surface area contributed by atoms with Gasteiger partial charge in [-0.15, -0.1) is 0 Å². The molecule has 0 N–H and O–H groups in total. The summed E-state index contributed by atoms with van der Waals surface area (Å²) in [6, 6.07) is 22.9. The molecule has 1 unspecified atom stereocenters. The minimum Gasteiger partial charge on any atom is -0.468 e. The van der Waals surface area contributed by atoms with E-state index in [9.17, 15) is 26.4 Å². The lowest BCUT2D eigenvalue weighted by molar-refractivity contribution is -0.0500. The number of hydrogen-bond acceptors (Lipinski definition) is 8. The van der Waals surface area contributed by atoms with Crippen molar-refractivity contribution < 1.29 is 49.5 Å². The largest absolute Gasteiger partial charge is 0.534 e. The molecule has 2 aliphatic heterocycles. The number of ether oxygens (including phenoxy) is 4. The molecule has 2 heterocycles. The molecule has 5 aromatic carbocycles. The van der Waals surface area contributed by atoms with Gasteiger partial charge in [-0.3, -0.25) is 0 Å². The molecule has 0 saturated heterocycles. The van der Waals surface area contributed by atoms with Gasteiger partial charge in [-0.05, 0) is 65.4 Å². The van der Waals surface area contributed by atoms with Gasteiger partial charge in [0.15, 0.2) is 12.4 Å². The zero-order valence-electron chi connectivity index (χ0n) is 22.1. The van der Waals surface area contributed by atoms with Crippen LogP contribution in [-0.2, 0) is 25.2 Å². The van der Waals surface area contributed by atoms with Crippen molar-refractivity contribution in [2.45, 2.75) is 11.1 Å². The second kappa shape index (κ2) is 9.35. The van der Waals surface area contributed by atoms with Crippen LogP contribution in [0.2, 0.25) is 0 Å². The highest BCUT2D eigenvalue weighted by Crippen LogP contribution is 2.59. The average molecular weight is 609 g/mol. The molecule has 1 atom stereocenters. The Morgan fingerprint density at radius 2 is 1.40 bits per heavy atom. The molecule has 0 aromatic heterocycles. The van der Waals surface area contributed by atoms with Crippen molar-refractivity contribution >= 4 is 37.6 Å². The number of rotatable bonds is 5. The number of halogens is 3. The van der Waals surface area contributed by atoms with E-state index in [1.165, 1.54) is 19.2 Å². The summed E-state index contributed by atoms with van der Waals surface area (Å²) in [5, 5.41) is 2.20. The molecule has 0 saturated carbocycles. The molecule has 7 rings (SSSR count). The van der Waals surface area contributed by atoms with Crippen LogP contribution >= 0.6 is 0 Å². The highest BCUT2D eigenvalue weighted by atomic mass is 32.2. The molecule has 1 spiro atoms. The summed E-state index contributed by atoms with van der Waals surface area (Å²) in [5.74, 6) is 0.193. The van der Waals surface area contributed by atoms with Crippen LogP contribution < -0.4 is 13.7 Å². The normalized spacial score (nSPS) is 17.3. The maximum Gasteiger partial charge on any atom is 0.534 e. The first-order valence-corrected chi connectivity index (χ1v) is 14.2. The Morgan fingerprint density at radius 3 is 2.02 bits per heavy atom. The topological polar surface area (TPSA) is 97.4 Å². The van der Waals surface area contributed by atoms with Crippen LogP contribution in [0.5, 0.6) is 23.0 Å². The van der Waals surface area contributed by atoms with Gasteiger partial charge in [0.05, 0.1) is 5.56 Å². The number of carbonyl (C=O) groups excluding carboxylic acids is 1. The Bertz CT molecular complexity index is 2090. The standard InChI is InChI=1S/C31H19F3O8S/c1-38-16-39-19-8-10-21-17(14-19)6-12-25-27(21)40-28-22-11-9-20(42-43(36,37)31(32,33)34)15-18(22)7-13-26(28)30(25)24-5-3-2-4-23(24)29(35)41-30/h2-15H,16H2,1H3. The van der Waals surface area contributed by atoms with E-state index in [1.807, 2.05) is 18.2 Å². The van der Waals surface area contributed by atoms with Crippen LogP contribution in [0.25, 0.3) is 21.5 Å². The SMILES string of the molecule is COCOc1ccc2c3c(ccc2c1)C1(OC(=O)c2ccccc21)c1ccc2cc(OS(=O)(=O)C(F)(F)F)ccc2c1O3. The van der Waals surface area contributed by atoms with E-state index in [0.717, 1.165) is 11.5 Å². The van der Waals surface area contributed by atoms with Gasteiger partial charge in [0.1, 0.15) is 23.0 Å². The van der Waals surface area contributed by atoms with Gasteiger partial charge in [0.25, 0.3) is 0 Å². The monoisotopic (exact) mass is 608 g/mol. The van der Waals surface area contributed by atoms with Crippen molar-refractivity contribution in [3.05, 3.63) is 107 Å². The number of esters is 1. The highest BCUT2D eigenvalue weighted by Gasteiger charge is 2.54. The second-order valence-electron chi connectivity index (χ2n) is 9.90. The smallest absolute Gasteiger partial charge is 0.468 e. The number of benzene rings is 5. The first kappa shape index (κ1) is 27.0. The van der Waals surface area contributed by atoms with E-state index in [-0.39, 0.29) is 12.5 Å². The van der Waals surface area contributed by atoms with E-state index >= 15 is 0 Å². The molecule has 0 amide bonds. The molecule has 0 aliphatic carbocycles. The Hall–Kier alpha value is -4.81. The fourth-order valence-corrected chi connectivity index (χ4v) is 6.09. The number of alkyl halides is 3. The quantitative estimate of drug-likeness (QED) is 0.0934. The first-order chi connectivity index (χ1) is 20.5. The average Bonchev–Trinajstić information content (AvgIpc) is 3.27. The predicted octanol–water partition coefficient (Wildman–Crippen LogP) is 6.77. The molecule has 0 radical (unpaired) electrons. The lowest BCUT2D eigenvalue weighted by Crippen LogP contribution is -2.33. The Balaban J connectivity index is 1.46. The molecule has 43 heavy (non-hydrogen) atoms. The molecular weight excluding hydrogens is 589 g/mol. The molecular formula is C31H19F3O8S. The fraction of sp³-hybridized carbons (Fsp3) is 0.129. The molecule has 5 aromatic rings. The zero-order chi connectivity index (χ0) is 30.1.